The highest BCUT2D eigenvalue weighted by Crippen LogP contribution is 2.66. The number of esters is 1. The Bertz CT molecular complexity index is 1730. The summed E-state index contributed by atoms with van der Waals surface area (Å²) >= 11 is 0. The zero-order chi connectivity index (χ0) is 33.1. The van der Waals surface area contributed by atoms with Crippen molar-refractivity contribution in [2.45, 2.75) is 74.4 Å². The minimum atomic E-state index is -4.44. The summed E-state index contributed by atoms with van der Waals surface area (Å²) in [6.45, 7) is 2.86. The number of rotatable bonds is 7. The summed E-state index contributed by atoms with van der Waals surface area (Å²) in [6, 6.07) is 18.1. The molecule has 2 aliphatic heterocycles. The second kappa shape index (κ2) is 11.5. The molecular formula is C37H37F3N2O5. The zero-order valence-corrected chi connectivity index (χ0v) is 26.3. The van der Waals surface area contributed by atoms with Crippen LogP contribution in [0.2, 0.25) is 0 Å². The molecule has 10 heteroatoms. The molecule has 7 nitrogen and oxygen atoms in total. The summed E-state index contributed by atoms with van der Waals surface area (Å²) in [5.41, 5.74) is 0.913. The lowest BCUT2D eigenvalue weighted by molar-refractivity contribution is -0.199. The van der Waals surface area contributed by atoms with Gasteiger partial charge in [-0.05, 0) is 79.6 Å². The van der Waals surface area contributed by atoms with Gasteiger partial charge in [-0.25, -0.2) is 0 Å². The average molecular weight is 647 g/mol. The molecule has 1 saturated heterocycles. The topological polar surface area (TPSA) is 79.3 Å². The van der Waals surface area contributed by atoms with Crippen molar-refractivity contribution in [1.29, 1.82) is 0 Å². The molecule has 2 heterocycles. The Balaban J connectivity index is 1.20. The van der Waals surface area contributed by atoms with Crippen molar-refractivity contribution in [3.05, 3.63) is 101 Å². The molecule has 3 aromatic carbocycles. The average Bonchev–Trinajstić information content (AvgIpc) is 3.39. The van der Waals surface area contributed by atoms with Crippen molar-refractivity contribution >= 4 is 18.0 Å². The fourth-order valence-corrected chi connectivity index (χ4v) is 8.64. The summed E-state index contributed by atoms with van der Waals surface area (Å²) < 4.78 is 51.4. The van der Waals surface area contributed by atoms with Crippen LogP contribution in [0, 0.1) is 0 Å². The van der Waals surface area contributed by atoms with Crippen LogP contribution in [0.5, 0.6) is 11.5 Å². The number of carbonyl (C=O) groups excluding carboxylic acids is 2. The standard InChI is InChI=1S/C37H37F3N2O5/c1-23(43)46-29-14-11-26-22-30-36(45)18-16-28(41(2)31(44)15-10-25-8-12-27(13-9-25)37(38,39)40)34-35(36,32(26)33(29)47-34)19-21-42(30)20-17-24-6-4-3-5-7-24/h3-15,28,30,34,45H,16-22H2,1-2H3/b15-10+/t28?,30-,34?,35+,36-/m1/s1. The minimum Gasteiger partial charge on any atom is -0.483 e. The molecule has 4 aliphatic rings. The molecule has 0 radical (unpaired) electrons. The molecule has 1 saturated carbocycles. The van der Waals surface area contributed by atoms with Gasteiger partial charge >= 0.3 is 12.1 Å². The van der Waals surface area contributed by atoms with E-state index in [0.29, 0.717) is 42.7 Å². The van der Waals surface area contributed by atoms with E-state index < -0.39 is 40.9 Å². The van der Waals surface area contributed by atoms with Gasteiger partial charge in [-0.3, -0.25) is 14.5 Å². The van der Waals surface area contributed by atoms with Crippen LogP contribution in [-0.4, -0.2) is 70.7 Å². The number of carbonyl (C=O) groups is 2. The number of ether oxygens (including phenoxy) is 2. The number of piperidine rings is 1. The van der Waals surface area contributed by atoms with Gasteiger partial charge < -0.3 is 19.5 Å². The molecule has 2 bridgehead atoms. The van der Waals surface area contributed by atoms with Crippen LogP contribution in [-0.2, 0) is 34.0 Å². The number of halogens is 3. The summed E-state index contributed by atoms with van der Waals surface area (Å²) in [4.78, 5) is 29.6. The van der Waals surface area contributed by atoms with Crippen molar-refractivity contribution in [1.82, 2.24) is 9.80 Å². The van der Waals surface area contributed by atoms with Crippen molar-refractivity contribution < 1.29 is 37.3 Å². The minimum absolute atomic E-state index is 0.161. The number of likely N-dealkylation sites (tertiary alicyclic amines) is 1. The molecule has 2 unspecified atom stereocenters. The maximum atomic E-state index is 13.6. The number of likely N-dealkylation sites (N-methyl/N-ethyl adjacent to an activating group) is 1. The third-order valence-corrected chi connectivity index (χ3v) is 10.8. The molecule has 2 fully saturated rings. The number of hydrogen-bond donors (Lipinski definition) is 1. The predicted octanol–water partition coefficient (Wildman–Crippen LogP) is 5.57. The first-order valence-electron chi connectivity index (χ1n) is 16.1. The van der Waals surface area contributed by atoms with Crippen molar-refractivity contribution in [3.8, 4) is 11.5 Å². The van der Waals surface area contributed by atoms with E-state index in [-0.39, 0.29) is 11.9 Å². The van der Waals surface area contributed by atoms with E-state index in [1.165, 1.54) is 36.8 Å². The lowest BCUT2D eigenvalue weighted by Crippen LogP contribution is -2.78. The largest absolute Gasteiger partial charge is 0.483 e. The van der Waals surface area contributed by atoms with E-state index in [1.807, 2.05) is 24.3 Å². The zero-order valence-electron chi connectivity index (χ0n) is 26.3. The highest BCUT2D eigenvalue weighted by molar-refractivity contribution is 5.92. The Hall–Kier alpha value is -4.15. The number of benzene rings is 3. The van der Waals surface area contributed by atoms with Crippen molar-refractivity contribution in [3.63, 3.8) is 0 Å². The Morgan fingerprint density at radius 3 is 2.53 bits per heavy atom. The van der Waals surface area contributed by atoms with Crippen LogP contribution < -0.4 is 9.47 Å². The first kappa shape index (κ1) is 31.4. The summed E-state index contributed by atoms with van der Waals surface area (Å²) in [5, 5.41) is 12.9. The molecule has 7 rings (SSSR count). The highest BCUT2D eigenvalue weighted by Gasteiger charge is 2.73. The van der Waals surface area contributed by atoms with Gasteiger partial charge in [0.1, 0.15) is 6.10 Å². The smallest absolute Gasteiger partial charge is 0.416 e. The number of nitrogens with zero attached hydrogens (tertiary/aromatic N) is 2. The highest BCUT2D eigenvalue weighted by atomic mass is 19.4. The number of aliphatic hydroxyl groups is 1. The fourth-order valence-electron chi connectivity index (χ4n) is 8.64. The number of alkyl halides is 3. The number of hydrogen-bond acceptors (Lipinski definition) is 6. The molecule has 0 aromatic heterocycles. The Kier molecular flexibility index (Phi) is 7.71. The molecule has 2 aliphatic carbocycles. The Morgan fingerprint density at radius 2 is 1.83 bits per heavy atom. The van der Waals surface area contributed by atoms with E-state index in [4.69, 9.17) is 9.47 Å². The number of amides is 1. The molecule has 47 heavy (non-hydrogen) atoms. The molecule has 1 N–H and O–H groups in total. The monoisotopic (exact) mass is 646 g/mol. The second-order valence-corrected chi connectivity index (χ2v) is 13.2. The first-order valence-corrected chi connectivity index (χ1v) is 16.1. The van der Waals surface area contributed by atoms with Crippen molar-refractivity contribution in [2.75, 3.05) is 20.1 Å². The molecule has 1 spiro atoms. The molecule has 1 amide bonds. The lowest BCUT2D eigenvalue weighted by atomic mass is 9.48. The summed E-state index contributed by atoms with van der Waals surface area (Å²) in [6.07, 6.45) is 0.826. The Labute approximate surface area is 271 Å². The van der Waals surface area contributed by atoms with Crippen LogP contribution in [0.3, 0.4) is 0 Å². The van der Waals surface area contributed by atoms with Crippen LogP contribution >= 0.6 is 0 Å². The first-order chi connectivity index (χ1) is 22.4. The molecule has 246 valence electrons. The van der Waals surface area contributed by atoms with Gasteiger partial charge in [-0.15, -0.1) is 0 Å². The normalized spacial score (nSPS) is 27.7. The summed E-state index contributed by atoms with van der Waals surface area (Å²) in [7, 11) is 1.70. The van der Waals surface area contributed by atoms with Gasteiger partial charge in [0.2, 0.25) is 5.91 Å². The lowest BCUT2D eigenvalue weighted by Gasteiger charge is -2.64. The fraction of sp³-hybridized carbons (Fsp3) is 0.405. The third kappa shape index (κ3) is 5.13. The van der Waals surface area contributed by atoms with Gasteiger partial charge in [0.25, 0.3) is 0 Å². The van der Waals surface area contributed by atoms with E-state index in [0.717, 1.165) is 42.8 Å². The van der Waals surface area contributed by atoms with E-state index in [9.17, 15) is 27.9 Å². The van der Waals surface area contributed by atoms with Crippen LogP contribution in [0.25, 0.3) is 6.08 Å². The predicted molar refractivity (Wildman–Crippen MR) is 169 cm³/mol. The van der Waals surface area contributed by atoms with E-state index >= 15 is 0 Å². The van der Waals surface area contributed by atoms with Crippen LogP contribution in [0.15, 0.2) is 72.8 Å². The van der Waals surface area contributed by atoms with Gasteiger partial charge in [-0.2, -0.15) is 13.2 Å². The molecule has 5 atom stereocenters. The van der Waals surface area contributed by atoms with E-state index in [1.54, 1.807) is 18.0 Å². The van der Waals surface area contributed by atoms with E-state index in [2.05, 4.69) is 17.0 Å². The Morgan fingerprint density at radius 1 is 1.09 bits per heavy atom. The quantitative estimate of drug-likeness (QED) is 0.206. The van der Waals surface area contributed by atoms with Gasteiger partial charge in [0.15, 0.2) is 11.5 Å². The maximum Gasteiger partial charge on any atom is 0.416 e. The SMILES string of the molecule is CC(=O)Oc1ccc2c3c1OC1C(N(C)C(=O)/C=C/c4ccc(C(F)(F)F)cc4)CC[C@@]4(O)[C@@H](C2)N(CCc2ccccc2)CC[C@]314. The third-order valence-electron chi connectivity index (χ3n) is 10.8. The van der Waals surface area contributed by atoms with Crippen molar-refractivity contribution in [2.24, 2.45) is 0 Å². The molecular weight excluding hydrogens is 609 g/mol. The van der Waals surface area contributed by atoms with Crippen LogP contribution in [0.4, 0.5) is 13.2 Å². The van der Waals surface area contributed by atoms with Gasteiger partial charge in [0.05, 0.1) is 22.6 Å². The summed E-state index contributed by atoms with van der Waals surface area (Å²) in [5.74, 6) is -0.0360. The van der Waals surface area contributed by atoms with Gasteiger partial charge in [0, 0.05) is 38.2 Å². The van der Waals surface area contributed by atoms with Gasteiger partial charge in [-0.1, -0.05) is 48.5 Å². The maximum absolute atomic E-state index is 13.6. The molecule has 3 aromatic rings. The second-order valence-electron chi connectivity index (χ2n) is 13.2. The van der Waals surface area contributed by atoms with Crippen LogP contribution in [0.1, 0.15) is 54.0 Å².